The molecule has 0 amide bonds. The van der Waals surface area contributed by atoms with Crippen LogP contribution in [0, 0.1) is 0 Å². The number of fused-ring (bicyclic) bond motifs is 3. The van der Waals surface area contributed by atoms with Crippen LogP contribution in [0.1, 0.15) is 38.5 Å². The van der Waals surface area contributed by atoms with E-state index in [-0.39, 0.29) is 24.8 Å². The Morgan fingerprint density at radius 1 is 1.09 bits per heavy atom. The number of thioether (sulfide) groups is 1. The third-order valence-corrected chi connectivity index (χ3v) is 5.93. The smallest absolute Gasteiger partial charge is 0.133 e. The summed E-state index contributed by atoms with van der Waals surface area (Å²) in [7, 11) is 0. The third-order valence-electron chi connectivity index (χ3n) is 4.69. The van der Waals surface area contributed by atoms with Gasteiger partial charge in [-0.15, -0.1) is 24.8 Å². The van der Waals surface area contributed by atoms with Crippen LogP contribution in [0.15, 0.2) is 23.1 Å². The van der Waals surface area contributed by atoms with Crippen molar-refractivity contribution in [2.45, 2.75) is 55.0 Å². The minimum atomic E-state index is 0. The van der Waals surface area contributed by atoms with E-state index < -0.39 is 0 Å². The topological polar surface area (TPSA) is 27.3 Å². The third kappa shape index (κ3) is 3.61. The Labute approximate surface area is 149 Å². The number of nitrogens with zero attached hydrogens (tertiary/aromatic N) is 1. The van der Waals surface area contributed by atoms with E-state index >= 15 is 0 Å². The molecule has 22 heavy (non-hydrogen) atoms. The second kappa shape index (κ2) is 8.00. The zero-order chi connectivity index (χ0) is 13.4. The molecule has 1 unspecified atom stereocenters. The quantitative estimate of drug-likeness (QED) is 0.760. The average Bonchev–Trinajstić information content (AvgIpc) is 2.93. The Kier molecular flexibility index (Phi) is 6.57. The Bertz CT molecular complexity index is 492. The first-order chi connectivity index (χ1) is 9.90. The molecular formula is C16H25Cl2N3S. The van der Waals surface area contributed by atoms with Gasteiger partial charge in [-0.2, -0.15) is 0 Å². The van der Waals surface area contributed by atoms with Crippen LogP contribution >= 0.6 is 36.6 Å². The molecule has 0 bridgehead atoms. The Morgan fingerprint density at radius 3 is 2.64 bits per heavy atom. The van der Waals surface area contributed by atoms with Gasteiger partial charge in [-0.1, -0.05) is 37.4 Å². The van der Waals surface area contributed by atoms with Gasteiger partial charge in [0.2, 0.25) is 0 Å². The van der Waals surface area contributed by atoms with E-state index in [1.165, 1.54) is 54.8 Å². The highest BCUT2D eigenvalue weighted by molar-refractivity contribution is 8.00. The molecule has 2 N–H and O–H groups in total. The molecular weight excluding hydrogens is 337 g/mol. The van der Waals surface area contributed by atoms with E-state index in [1.54, 1.807) is 0 Å². The van der Waals surface area contributed by atoms with Crippen LogP contribution in [0.5, 0.6) is 0 Å². The monoisotopic (exact) mass is 361 g/mol. The molecule has 0 aromatic heterocycles. The van der Waals surface area contributed by atoms with Gasteiger partial charge in [0, 0.05) is 29.7 Å². The summed E-state index contributed by atoms with van der Waals surface area (Å²) in [5, 5.41) is 7.32. The number of rotatable bonds is 2. The minimum Gasteiger partial charge on any atom is -0.382 e. The first-order valence-electron chi connectivity index (χ1n) is 7.97. The molecule has 1 atom stereocenters. The maximum Gasteiger partial charge on any atom is 0.133 e. The van der Waals surface area contributed by atoms with E-state index in [1.807, 2.05) is 11.8 Å². The molecule has 1 saturated heterocycles. The van der Waals surface area contributed by atoms with Crippen molar-refractivity contribution in [3.63, 3.8) is 0 Å². The highest BCUT2D eigenvalue weighted by Crippen LogP contribution is 2.44. The average molecular weight is 362 g/mol. The van der Waals surface area contributed by atoms with Crippen molar-refractivity contribution in [2.75, 3.05) is 23.3 Å². The van der Waals surface area contributed by atoms with Gasteiger partial charge < -0.3 is 10.2 Å². The van der Waals surface area contributed by atoms with Crippen LogP contribution in [-0.4, -0.2) is 24.6 Å². The van der Waals surface area contributed by atoms with Gasteiger partial charge in [0.05, 0.1) is 5.69 Å². The van der Waals surface area contributed by atoms with Gasteiger partial charge >= 0.3 is 0 Å². The van der Waals surface area contributed by atoms with Crippen molar-refractivity contribution in [3.05, 3.63) is 18.2 Å². The molecule has 124 valence electrons. The summed E-state index contributed by atoms with van der Waals surface area (Å²) in [6.07, 6.45) is 8.27. The first kappa shape index (κ1) is 18.1. The Hall–Kier alpha value is -0.290. The molecule has 3 aliphatic rings. The zero-order valence-electron chi connectivity index (χ0n) is 12.7. The first-order valence-corrected chi connectivity index (χ1v) is 8.85. The van der Waals surface area contributed by atoms with Crippen LogP contribution in [0.25, 0.3) is 0 Å². The second-order valence-electron chi connectivity index (χ2n) is 6.13. The highest BCUT2D eigenvalue weighted by Gasteiger charge is 2.33. The molecule has 4 rings (SSSR count). The van der Waals surface area contributed by atoms with Crippen LogP contribution in [0.3, 0.4) is 0 Å². The number of hydrogen-bond donors (Lipinski definition) is 2. The van der Waals surface area contributed by atoms with Gasteiger partial charge in [0.1, 0.15) is 5.50 Å². The van der Waals surface area contributed by atoms with Crippen molar-refractivity contribution < 1.29 is 0 Å². The van der Waals surface area contributed by atoms with E-state index in [4.69, 9.17) is 0 Å². The number of anilines is 2. The van der Waals surface area contributed by atoms with Gasteiger partial charge in [-0.25, -0.2) is 0 Å². The molecule has 1 aromatic rings. The van der Waals surface area contributed by atoms with E-state index in [9.17, 15) is 0 Å². The highest BCUT2D eigenvalue weighted by atomic mass is 35.5. The second-order valence-corrected chi connectivity index (χ2v) is 7.26. The molecule has 0 radical (unpaired) electrons. The summed E-state index contributed by atoms with van der Waals surface area (Å²) in [6, 6.07) is 7.59. The number of halogens is 2. The predicted molar refractivity (Wildman–Crippen MR) is 101 cm³/mol. The number of nitrogens with one attached hydrogen (secondary N) is 2. The molecule has 2 aliphatic heterocycles. The number of hydrogen-bond acceptors (Lipinski definition) is 4. The molecule has 6 heteroatoms. The fraction of sp³-hybridized carbons (Fsp3) is 0.625. The molecule has 3 nitrogen and oxygen atoms in total. The van der Waals surface area contributed by atoms with E-state index in [0.717, 1.165) is 13.1 Å². The summed E-state index contributed by atoms with van der Waals surface area (Å²) in [5.41, 5.74) is 3.20. The van der Waals surface area contributed by atoms with Gasteiger partial charge in [0.15, 0.2) is 0 Å². The summed E-state index contributed by atoms with van der Waals surface area (Å²) in [6.45, 7) is 2.24. The zero-order valence-corrected chi connectivity index (χ0v) is 15.2. The maximum absolute atomic E-state index is 3.77. The van der Waals surface area contributed by atoms with Crippen molar-refractivity contribution in [2.24, 2.45) is 0 Å². The summed E-state index contributed by atoms with van der Waals surface area (Å²) < 4.78 is 0. The predicted octanol–water partition coefficient (Wildman–Crippen LogP) is 4.46. The number of benzene rings is 1. The summed E-state index contributed by atoms with van der Waals surface area (Å²) in [4.78, 5) is 3.92. The lowest BCUT2D eigenvalue weighted by atomic mass is 10.1. The molecule has 1 aromatic carbocycles. The largest absolute Gasteiger partial charge is 0.382 e. The van der Waals surface area contributed by atoms with Crippen LogP contribution in [0.4, 0.5) is 11.4 Å². The fourth-order valence-corrected chi connectivity index (χ4v) is 4.83. The molecule has 2 heterocycles. The van der Waals surface area contributed by atoms with E-state index in [2.05, 4.69) is 33.7 Å². The fourth-order valence-electron chi connectivity index (χ4n) is 3.60. The van der Waals surface area contributed by atoms with Gasteiger partial charge in [-0.05, 0) is 31.0 Å². The summed E-state index contributed by atoms with van der Waals surface area (Å²) >= 11 is 1.95. The normalized spacial score (nSPS) is 23.8. The molecule has 1 saturated carbocycles. The van der Waals surface area contributed by atoms with Crippen LogP contribution < -0.4 is 15.5 Å². The SMILES string of the molecule is Cl.Cl.c1cc2c(cc1NC1CCCCCC1)N1CCNC1S2. The maximum atomic E-state index is 3.77. The van der Waals surface area contributed by atoms with E-state index in [0.29, 0.717) is 11.5 Å². The standard InChI is InChI=1S/C16H23N3S.2ClH/c1-2-4-6-12(5-3-1)18-13-7-8-15-14(11-13)19-10-9-17-16(19)20-15;;/h7-8,11-12,16-18H,1-6,9-10H2;2*1H. The Balaban J connectivity index is 0.000000882. The van der Waals surface area contributed by atoms with Crippen LogP contribution in [-0.2, 0) is 0 Å². The van der Waals surface area contributed by atoms with Crippen molar-refractivity contribution in [3.8, 4) is 0 Å². The minimum absolute atomic E-state index is 0. The van der Waals surface area contributed by atoms with Crippen LogP contribution in [0.2, 0.25) is 0 Å². The molecule has 2 fully saturated rings. The lowest BCUT2D eigenvalue weighted by Crippen LogP contribution is -2.28. The van der Waals surface area contributed by atoms with Gasteiger partial charge in [0.25, 0.3) is 0 Å². The van der Waals surface area contributed by atoms with Crippen molar-refractivity contribution in [1.82, 2.24) is 5.32 Å². The molecule has 0 spiro atoms. The van der Waals surface area contributed by atoms with Crippen molar-refractivity contribution in [1.29, 1.82) is 0 Å². The molecule has 1 aliphatic carbocycles. The Morgan fingerprint density at radius 2 is 1.86 bits per heavy atom. The summed E-state index contributed by atoms with van der Waals surface area (Å²) in [5.74, 6) is 0. The van der Waals surface area contributed by atoms with Crippen molar-refractivity contribution >= 4 is 48.0 Å². The lowest BCUT2D eigenvalue weighted by molar-refractivity contribution is 0.620. The van der Waals surface area contributed by atoms with Gasteiger partial charge in [-0.3, -0.25) is 5.32 Å². The lowest BCUT2D eigenvalue weighted by Gasteiger charge is -2.20.